The number of Topliss-reactive ketones (excluding diaryl/α,β-unsaturated/α-hetero) is 1. The van der Waals surface area contributed by atoms with E-state index in [2.05, 4.69) is 35.6 Å². The van der Waals surface area contributed by atoms with Crippen LogP contribution in [0.1, 0.15) is 122 Å². The lowest BCUT2D eigenvalue weighted by atomic mass is 10.0. The van der Waals surface area contributed by atoms with Gasteiger partial charge in [0.2, 0.25) is 5.84 Å². The predicted octanol–water partition coefficient (Wildman–Crippen LogP) is 6.40. The molecule has 0 bridgehead atoms. The molecule has 1 rings (SSSR count). The lowest BCUT2D eigenvalue weighted by Crippen LogP contribution is -2.30. The largest absolute Gasteiger partial charge is 0.300 e. The van der Waals surface area contributed by atoms with Crippen molar-refractivity contribution < 1.29 is 22.3 Å². The van der Waals surface area contributed by atoms with Crippen LogP contribution in [0.3, 0.4) is 0 Å². The molecular formula is C28H53N2O4S+. The van der Waals surface area contributed by atoms with Gasteiger partial charge in [-0.3, -0.25) is 18.8 Å². The number of carbonyl (C=O) groups excluding carboxylic acids is 1. The van der Waals surface area contributed by atoms with Gasteiger partial charge in [0.15, 0.2) is 0 Å². The van der Waals surface area contributed by atoms with Gasteiger partial charge in [0, 0.05) is 19.3 Å². The molecule has 0 amide bonds. The van der Waals surface area contributed by atoms with Gasteiger partial charge in [-0.1, -0.05) is 70.4 Å². The number of unbranched alkanes of at least 4 members (excludes halogenated alkanes) is 11. The molecule has 0 aromatic rings. The molecular weight excluding hydrogens is 460 g/mol. The van der Waals surface area contributed by atoms with E-state index in [1.165, 1.54) is 57.2 Å². The van der Waals surface area contributed by atoms with E-state index in [-0.39, 0.29) is 5.75 Å². The molecule has 1 aliphatic rings. The highest BCUT2D eigenvalue weighted by molar-refractivity contribution is 7.85. The number of likely N-dealkylation sites (N-methyl/N-ethyl adjacent to an activating group) is 1. The number of ketones is 1. The van der Waals surface area contributed by atoms with E-state index in [1.54, 1.807) is 0 Å². The van der Waals surface area contributed by atoms with E-state index in [4.69, 9.17) is 4.55 Å². The van der Waals surface area contributed by atoms with E-state index in [9.17, 15) is 13.2 Å². The summed E-state index contributed by atoms with van der Waals surface area (Å²) in [5.74, 6) is 1.75. The second-order valence-electron chi connectivity index (χ2n) is 10.2. The maximum absolute atomic E-state index is 12.3. The third kappa shape index (κ3) is 17.8. The number of hydrogen-bond acceptors (Lipinski definition) is 4. The second-order valence-corrected chi connectivity index (χ2v) is 11.7. The Morgan fingerprint density at radius 1 is 0.886 bits per heavy atom. The molecule has 0 aromatic heterocycles. The van der Waals surface area contributed by atoms with E-state index in [0.29, 0.717) is 18.6 Å². The average molecular weight is 514 g/mol. The number of rotatable bonds is 23. The van der Waals surface area contributed by atoms with Gasteiger partial charge in [0.25, 0.3) is 10.1 Å². The summed E-state index contributed by atoms with van der Waals surface area (Å²) in [5.41, 5.74) is 0. The molecule has 0 unspecified atom stereocenters. The monoisotopic (exact) mass is 513 g/mol. The van der Waals surface area contributed by atoms with Gasteiger partial charge >= 0.3 is 0 Å². The van der Waals surface area contributed by atoms with Crippen LogP contribution in [-0.2, 0) is 14.9 Å². The first-order chi connectivity index (χ1) is 16.8. The van der Waals surface area contributed by atoms with Gasteiger partial charge in [-0.25, -0.2) is 0 Å². The zero-order chi connectivity index (χ0) is 25.8. The smallest absolute Gasteiger partial charge is 0.264 e. The predicted molar refractivity (Wildman–Crippen MR) is 147 cm³/mol. The van der Waals surface area contributed by atoms with Crippen LogP contribution in [0.25, 0.3) is 0 Å². The summed E-state index contributed by atoms with van der Waals surface area (Å²) in [6.07, 6.45) is 23.5. The van der Waals surface area contributed by atoms with E-state index in [0.717, 1.165) is 71.0 Å². The second kappa shape index (κ2) is 19.9. The normalized spacial score (nSPS) is 14.5. The Morgan fingerprint density at radius 3 is 2.17 bits per heavy atom. The molecule has 0 spiro atoms. The van der Waals surface area contributed by atoms with Crippen LogP contribution in [0.4, 0.5) is 0 Å². The number of amidine groups is 1. The molecule has 7 heteroatoms. The number of nitrogens with zero attached hydrogens (tertiary/aromatic N) is 2. The van der Waals surface area contributed by atoms with Crippen molar-refractivity contribution in [2.45, 2.75) is 122 Å². The Bertz CT molecular complexity index is 731. The summed E-state index contributed by atoms with van der Waals surface area (Å²) in [7, 11) is -1.62. The molecule has 204 valence electrons. The Labute approximate surface area is 216 Å². The molecule has 0 fully saturated rings. The van der Waals surface area contributed by atoms with Crippen LogP contribution in [-0.4, -0.2) is 66.5 Å². The Hall–Kier alpha value is -1.21. The lowest BCUT2D eigenvalue weighted by molar-refractivity contribution is -0.487. The molecule has 1 aliphatic heterocycles. The van der Waals surface area contributed by atoms with Crippen molar-refractivity contribution >= 4 is 21.7 Å². The average Bonchev–Trinajstić information content (AvgIpc) is 3.15. The van der Waals surface area contributed by atoms with Crippen molar-refractivity contribution in [3.05, 3.63) is 12.2 Å². The summed E-state index contributed by atoms with van der Waals surface area (Å²) < 4.78 is 32.5. The maximum atomic E-state index is 12.3. The highest BCUT2D eigenvalue weighted by atomic mass is 32.2. The minimum Gasteiger partial charge on any atom is -0.300 e. The SMILES string of the molecule is CC/C=C/CCCCCCCC(=O)CCCN1CC[N+](C)=C1CCCCCCCCCS(=O)(=O)O. The molecule has 0 radical (unpaired) electrons. The molecule has 0 saturated heterocycles. The Morgan fingerprint density at radius 2 is 1.49 bits per heavy atom. The van der Waals surface area contributed by atoms with Gasteiger partial charge in [0.05, 0.1) is 19.3 Å². The van der Waals surface area contributed by atoms with Crippen molar-refractivity contribution in [2.75, 3.05) is 32.4 Å². The van der Waals surface area contributed by atoms with Crippen molar-refractivity contribution in [1.29, 1.82) is 0 Å². The van der Waals surface area contributed by atoms with Gasteiger partial charge in [-0.05, 0) is 44.9 Å². The minimum absolute atomic E-state index is 0.115. The van der Waals surface area contributed by atoms with E-state index >= 15 is 0 Å². The van der Waals surface area contributed by atoms with E-state index < -0.39 is 10.1 Å². The molecule has 1 N–H and O–H groups in total. The molecule has 0 aromatic carbocycles. The fourth-order valence-electron chi connectivity index (χ4n) is 4.80. The fraction of sp³-hybridized carbons (Fsp3) is 0.857. The van der Waals surface area contributed by atoms with Crippen molar-refractivity contribution in [3.63, 3.8) is 0 Å². The molecule has 0 atom stereocenters. The van der Waals surface area contributed by atoms with Crippen LogP contribution in [0, 0.1) is 0 Å². The summed E-state index contributed by atoms with van der Waals surface area (Å²) in [4.78, 5) is 14.8. The number of hydrogen-bond donors (Lipinski definition) is 1. The molecule has 0 saturated carbocycles. The fourth-order valence-corrected chi connectivity index (χ4v) is 5.37. The highest BCUT2D eigenvalue weighted by Gasteiger charge is 2.27. The zero-order valence-corrected chi connectivity index (χ0v) is 23.5. The lowest BCUT2D eigenvalue weighted by Gasteiger charge is -2.13. The van der Waals surface area contributed by atoms with Gasteiger partial charge < -0.3 is 0 Å². The number of carbonyl (C=O) groups is 1. The first kappa shape index (κ1) is 31.8. The van der Waals surface area contributed by atoms with Crippen molar-refractivity contribution in [1.82, 2.24) is 4.90 Å². The molecule has 6 nitrogen and oxygen atoms in total. The topological polar surface area (TPSA) is 77.7 Å². The van der Waals surface area contributed by atoms with Gasteiger partial charge in [-0.2, -0.15) is 8.42 Å². The summed E-state index contributed by atoms with van der Waals surface area (Å²) >= 11 is 0. The third-order valence-electron chi connectivity index (χ3n) is 6.93. The quantitative estimate of drug-likeness (QED) is 0.0740. The van der Waals surface area contributed by atoms with Gasteiger partial charge in [0.1, 0.15) is 18.9 Å². The number of allylic oxidation sites excluding steroid dienone is 2. The maximum Gasteiger partial charge on any atom is 0.264 e. The molecule has 0 aliphatic carbocycles. The standard InChI is InChI=1S/C28H52N2O4S/c1-3-4-5-6-7-8-10-13-16-20-27(31)21-19-23-30-25-24-29(2)28(30)22-17-14-11-9-12-15-18-26-35(32,33)34/h4-5H,3,6-26H2,1-2H3/p+1/b5-4+. The van der Waals surface area contributed by atoms with Crippen molar-refractivity contribution in [2.24, 2.45) is 0 Å². The Kier molecular flexibility index (Phi) is 18.1. The van der Waals surface area contributed by atoms with Crippen molar-refractivity contribution in [3.8, 4) is 0 Å². The summed E-state index contributed by atoms with van der Waals surface area (Å²) in [5, 5.41) is 0. The van der Waals surface area contributed by atoms with Crippen LogP contribution < -0.4 is 0 Å². The third-order valence-corrected chi connectivity index (χ3v) is 7.73. The van der Waals surface area contributed by atoms with Gasteiger partial charge in [-0.15, -0.1) is 0 Å². The van der Waals surface area contributed by atoms with Crippen LogP contribution in [0.15, 0.2) is 12.2 Å². The summed E-state index contributed by atoms with van der Waals surface area (Å²) in [6, 6.07) is 0. The molecule has 35 heavy (non-hydrogen) atoms. The zero-order valence-electron chi connectivity index (χ0n) is 22.7. The Balaban J connectivity index is 2.05. The minimum atomic E-state index is -3.80. The van der Waals surface area contributed by atoms with Crippen LogP contribution >= 0.6 is 0 Å². The van der Waals surface area contributed by atoms with Crippen LogP contribution in [0.2, 0.25) is 0 Å². The summed E-state index contributed by atoms with van der Waals surface area (Å²) in [6.45, 7) is 5.31. The van der Waals surface area contributed by atoms with E-state index in [1.807, 2.05) is 0 Å². The first-order valence-corrected chi connectivity index (χ1v) is 15.9. The highest BCUT2D eigenvalue weighted by Crippen LogP contribution is 2.14. The van der Waals surface area contributed by atoms with Crippen LogP contribution in [0.5, 0.6) is 0 Å². The molecule has 1 heterocycles. The first-order valence-electron chi connectivity index (χ1n) is 14.3.